The first-order valence-electron chi connectivity index (χ1n) is 3.28. The molecule has 5 N–H and O–H groups in total. The fourth-order valence-electron chi connectivity index (χ4n) is 0.686. The lowest BCUT2D eigenvalue weighted by Gasteiger charge is -2.13. The molecule has 4 nitrogen and oxygen atoms in total. The van der Waals surface area contributed by atoms with Crippen LogP contribution >= 0.6 is 0 Å². The Bertz CT molecular complexity index is 116. The third kappa shape index (κ3) is 2.80. The van der Waals surface area contributed by atoms with Gasteiger partial charge in [0.1, 0.15) is 6.04 Å². The molecule has 0 aromatic rings. The van der Waals surface area contributed by atoms with Gasteiger partial charge in [-0.2, -0.15) is 0 Å². The second-order valence-corrected chi connectivity index (χ2v) is 2.42. The summed E-state index contributed by atoms with van der Waals surface area (Å²) in [4.78, 5) is 10.2. The highest BCUT2D eigenvalue weighted by molar-refractivity contribution is 5.73. The molecular weight excluding hydrogens is 132 g/mol. The predicted octanol–water partition coefficient (Wildman–Crippen LogP) is -0.617. The molecule has 0 radical (unpaired) electrons. The summed E-state index contributed by atoms with van der Waals surface area (Å²) in [6, 6.07) is -0.774. The number of rotatable bonds is 4. The molecule has 0 aromatic heterocycles. The number of hydrogen-bond donors (Lipinski definition) is 3. The van der Waals surface area contributed by atoms with E-state index in [9.17, 15) is 4.79 Å². The Morgan fingerprint density at radius 3 is 2.50 bits per heavy atom. The van der Waals surface area contributed by atoms with Crippen LogP contribution in [-0.4, -0.2) is 23.7 Å². The van der Waals surface area contributed by atoms with Crippen LogP contribution in [0.2, 0.25) is 0 Å². The SMILES string of the molecule is C[C@H](CCN)[C@H](N)C(=O)O. The van der Waals surface area contributed by atoms with Crippen molar-refractivity contribution >= 4 is 5.97 Å². The van der Waals surface area contributed by atoms with E-state index in [0.717, 1.165) is 0 Å². The van der Waals surface area contributed by atoms with Crippen LogP contribution in [-0.2, 0) is 4.79 Å². The maximum Gasteiger partial charge on any atom is 0.320 e. The number of nitrogens with two attached hydrogens (primary N) is 2. The molecule has 0 aliphatic carbocycles. The van der Waals surface area contributed by atoms with E-state index in [1.165, 1.54) is 0 Å². The van der Waals surface area contributed by atoms with Crippen molar-refractivity contribution in [3.8, 4) is 0 Å². The lowest BCUT2D eigenvalue weighted by Crippen LogP contribution is -2.37. The van der Waals surface area contributed by atoms with Crippen molar-refractivity contribution in [3.05, 3.63) is 0 Å². The molecule has 0 bridgehead atoms. The van der Waals surface area contributed by atoms with E-state index in [1.807, 2.05) is 0 Å². The molecule has 0 saturated carbocycles. The van der Waals surface area contributed by atoms with E-state index in [-0.39, 0.29) is 5.92 Å². The average molecular weight is 146 g/mol. The van der Waals surface area contributed by atoms with Gasteiger partial charge in [0.2, 0.25) is 0 Å². The van der Waals surface area contributed by atoms with Crippen LogP contribution in [0.1, 0.15) is 13.3 Å². The first-order chi connectivity index (χ1) is 4.59. The number of hydrogen-bond acceptors (Lipinski definition) is 3. The number of carboxylic acid groups (broad SMARTS) is 1. The van der Waals surface area contributed by atoms with Gasteiger partial charge in [0.25, 0.3) is 0 Å². The highest BCUT2D eigenvalue weighted by Crippen LogP contribution is 2.04. The van der Waals surface area contributed by atoms with Gasteiger partial charge in [-0.15, -0.1) is 0 Å². The van der Waals surface area contributed by atoms with Crippen molar-refractivity contribution in [1.29, 1.82) is 0 Å². The van der Waals surface area contributed by atoms with E-state index in [2.05, 4.69) is 0 Å². The molecule has 0 spiro atoms. The molecule has 0 rings (SSSR count). The lowest BCUT2D eigenvalue weighted by molar-refractivity contribution is -0.139. The Kier molecular flexibility index (Phi) is 3.99. The zero-order valence-electron chi connectivity index (χ0n) is 6.08. The highest BCUT2D eigenvalue weighted by Gasteiger charge is 2.18. The van der Waals surface area contributed by atoms with Crippen LogP contribution in [0.25, 0.3) is 0 Å². The molecule has 0 fully saturated rings. The predicted molar refractivity (Wildman–Crippen MR) is 38.4 cm³/mol. The maximum absolute atomic E-state index is 10.2. The normalized spacial score (nSPS) is 16.3. The van der Waals surface area contributed by atoms with Crippen molar-refractivity contribution < 1.29 is 9.90 Å². The van der Waals surface area contributed by atoms with Crippen molar-refractivity contribution in [2.45, 2.75) is 19.4 Å². The summed E-state index contributed by atoms with van der Waals surface area (Å²) in [5.41, 5.74) is 10.5. The molecular formula is C6H14N2O2. The second kappa shape index (κ2) is 4.24. The summed E-state index contributed by atoms with van der Waals surface area (Å²) in [5, 5.41) is 8.41. The van der Waals surface area contributed by atoms with Crippen molar-refractivity contribution in [1.82, 2.24) is 0 Å². The fraction of sp³-hybridized carbons (Fsp3) is 0.833. The number of carboxylic acids is 1. The van der Waals surface area contributed by atoms with Crippen molar-refractivity contribution in [3.63, 3.8) is 0 Å². The summed E-state index contributed by atoms with van der Waals surface area (Å²) < 4.78 is 0. The molecule has 0 aliphatic heterocycles. The highest BCUT2D eigenvalue weighted by atomic mass is 16.4. The van der Waals surface area contributed by atoms with Crippen LogP contribution < -0.4 is 11.5 Å². The zero-order chi connectivity index (χ0) is 8.15. The van der Waals surface area contributed by atoms with Crippen molar-refractivity contribution in [2.75, 3.05) is 6.54 Å². The maximum atomic E-state index is 10.2. The lowest BCUT2D eigenvalue weighted by atomic mass is 10.00. The molecule has 0 unspecified atom stereocenters. The minimum Gasteiger partial charge on any atom is -0.480 e. The molecule has 0 amide bonds. The molecule has 0 saturated heterocycles. The Morgan fingerprint density at radius 2 is 2.20 bits per heavy atom. The third-order valence-electron chi connectivity index (χ3n) is 1.52. The smallest absolute Gasteiger partial charge is 0.320 e. The molecule has 2 atom stereocenters. The van der Waals surface area contributed by atoms with Crippen LogP contribution in [0.15, 0.2) is 0 Å². The van der Waals surface area contributed by atoms with Gasteiger partial charge in [0.15, 0.2) is 0 Å². The molecule has 0 aliphatic rings. The number of aliphatic carboxylic acids is 1. The van der Waals surface area contributed by atoms with E-state index in [0.29, 0.717) is 13.0 Å². The average Bonchev–Trinajstić information content (AvgIpc) is 1.87. The first kappa shape index (κ1) is 9.39. The Hall–Kier alpha value is -0.610. The standard InChI is InChI=1S/C6H14N2O2/c1-4(2-3-7)5(8)6(9)10/h4-5H,2-3,7-8H2,1H3,(H,9,10)/t4-,5+/m1/s1. The van der Waals surface area contributed by atoms with E-state index in [4.69, 9.17) is 16.6 Å². The van der Waals surface area contributed by atoms with Gasteiger partial charge < -0.3 is 16.6 Å². The number of carbonyl (C=O) groups is 1. The molecule has 60 valence electrons. The monoisotopic (exact) mass is 146 g/mol. The zero-order valence-corrected chi connectivity index (χ0v) is 6.08. The summed E-state index contributed by atoms with van der Waals surface area (Å²) in [6.07, 6.45) is 0.660. The van der Waals surface area contributed by atoms with Gasteiger partial charge in [-0.05, 0) is 18.9 Å². The quantitative estimate of drug-likeness (QED) is 0.493. The van der Waals surface area contributed by atoms with Crippen LogP contribution in [0.5, 0.6) is 0 Å². The molecule has 4 heteroatoms. The van der Waals surface area contributed by atoms with Crippen LogP contribution in [0.4, 0.5) is 0 Å². The topological polar surface area (TPSA) is 89.3 Å². The second-order valence-electron chi connectivity index (χ2n) is 2.42. The van der Waals surface area contributed by atoms with Gasteiger partial charge in [-0.1, -0.05) is 6.92 Å². The van der Waals surface area contributed by atoms with E-state index >= 15 is 0 Å². The summed E-state index contributed by atoms with van der Waals surface area (Å²) in [7, 11) is 0. The first-order valence-corrected chi connectivity index (χ1v) is 3.28. The van der Waals surface area contributed by atoms with Gasteiger partial charge in [0, 0.05) is 0 Å². The minimum absolute atomic E-state index is 0.0394. The van der Waals surface area contributed by atoms with Gasteiger partial charge in [0.05, 0.1) is 0 Å². The van der Waals surface area contributed by atoms with Gasteiger partial charge >= 0.3 is 5.97 Å². The molecule has 0 aromatic carbocycles. The Balaban J connectivity index is 3.69. The summed E-state index contributed by atoms with van der Waals surface area (Å²) >= 11 is 0. The van der Waals surface area contributed by atoms with Crippen molar-refractivity contribution in [2.24, 2.45) is 17.4 Å². The Morgan fingerprint density at radius 1 is 1.70 bits per heavy atom. The minimum atomic E-state index is -0.957. The molecule has 10 heavy (non-hydrogen) atoms. The van der Waals surface area contributed by atoms with Crippen LogP contribution in [0.3, 0.4) is 0 Å². The van der Waals surface area contributed by atoms with Gasteiger partial charge in [-0.3, -0.25) is 4.79 Å². The summed E-state index contributed by atoms with van der Waals surface area (Å²) in [6.45, 7) is 2.27. The van der Waals surface area contributed by atoms with E-state index in [1.54, 1.807) is 6.92 Å². The van der Waals surface area contributed by atoms with E-state index < -0.39 is 12.0 Å². The van der Waals surface area contributed by atoms with Gasteiger partial charge in [-0.25, -0.2) is 0 Å². The summed E-state index contributed by atoms with van der Waals surface area (Å²) in [5.74, 6) is -0.997. The molecule has 0 heterocycles. The Labute approximate surface area is 60.2 Å². The largest absolute Gasteiger partial charge is 0.480 e. The fourth-order valence-corrected chi connectivity index (χ4v) is 0.686. The third-order valence-corrected chi connectivity index (χ3v) is 1.52. The van der Waals surface area contributed by atoms with Crippen LogP contribution in [0, 0.1) is 5.92 Å².